The molecule has 0 spiro atoms. The number of hydrogen-bond donors (Lipinski definition) is 1. The quantitative estimate of drug-likeness (QED) is 0.506. The second-order valence-electron chi connectivity index (χ2n) is 6.75. The fourth-order valence-electron chi connectivity index (χ4n) is 3.08. The van der Waals surface area contributed by atoms with Gasteiger partial charge in [-0.05, 0) is 36.8 Å². The highest BCUT2D eigenvalue weighted by Gasteiger charge is 2.26. The van der Waals surface area contributed by atoms with E-state index in [1.807, 2.05) is 25.1 Å². The van der Waals surface area contributed by atoms with Crippen molar-refractivity contribution < 1.29 is 23.8 Å². The summed E-state index contributed by atoms with van der Waals surface area (Å²) in [5.74, 6) is -0.524. The number of carbonyl (C=O) groups is 2. The largest absolute Gasteiger partial charge is 0.492 e. The minimum absolute atomic E-state index is 0.345. The zero-order valence-corrected chi connectivity index (χ0v) is 17.5. The highest BCUT2D eigenvalue weighted by Crippen LogP contribution is 2.27. The molecule has 3 rings (SSSR count). The Labute approximate surface area is 181 Å². The molecule has 31 heavy (non-hydrogen) atoms. The Morgan fingerprint density at radius 3 is 2.42 bits per heavy atom. The van der Waals surface area contributed by atoms with Crippen molar-refractivity contribution in [3.8, 4) is 5.75 Å². The summed E-state index contributed by atoms with van der Waals surface area (Å²) in [6.07, 6.45) is -1.13. The highest BCUT2D eigenvalue weighted by atomic mass is 16.5. The molecular formula is C25H25NO5. The summed E-state index contributed by atoms with van der Waals surface area (Å²) >= 11 is 0. The van der Waals surface area contributed by atoms with Crippen LogP contribution in [0.1, 0.15) is 34.5 Å². The van der Waals surface area contributed by atoms with E-state index in [1.54, 1.807) is 67.8 Å². The van der Waals surface area contributed by atoms with Crippen LogP contribution >= 0.6 is 0 Å². The Bertz CT molecular complexity index is 1020. The van der Waals surface area contributed by atoms with Crippen LogP contribution in [-0.4, -0.2) is 25.6 Å². The van der Waals surface area contributed by atoms with Crippen molar-refractivity contribution in [2.75, 3.05) is 19.0 Å². The summed E-state index contributed by atoms with van der Waals surface area (Å²) in [6.45, 7) is 2.70. The fraction of sp³-hybridized carbons (Fsp3) is 0.200. The second kappa shape index (κ2) is 10.9. The summed E-state index contributed by atoms with van der Waals surface area (Å²) in [6, 6.07) is 23.0. The maximum atomic E-state index is 13.1. The molecular weight excluding hydrogens is 394 g/mol. The summed E-state index contributed by atoms with van der Waals surface area (Å²) < 4.78 is 16.4. The van der Waals surface area contributed by atoms with E-state index in [2.05, 4.69) is 5.32 Å². The summed E-state index contributed by atoms with van der Waals surface area (Å²) in [4.78, 5) is 26.0. The first-order valence-corrected chi connectivity index (χ1v) is 9.99. The van der Waals surface area contributed by atoms with Gasteiger partial charge >= 0.3 is 5.97 Å². The standard InChI is InChI=1S/C25H25NO5/c1-3-30-22-15-8-7-14-21(22)26-24(27)23(19-11-5-4-6-12-19)31-25(28)20-13-9-10-18(16-20)17-29-2/h4-16,23H,3,17H2,1-2H3,(H,26,27). The molecule has 1 N–H and O–H groups in total. The Balaban J connectivity index is 1.85. The molecule has 0 aromatic heterocycles. The van der Waals surface area contributed by atoms with Gasteiger partial charge in [0.15, 0.2) is 0 Å². The number of carbonyl (C=O) groups excluding carboxylic acids is 2. The predicted octanol–water partition coefficient (Wildman–Crippen LogP) is 4.77. The Kier molecular flexibility index (Phi) is 7.79. The monoisotopic (exact) mass is 419 g/mol. The molecule has 160 valence electrons. The molecule has 0 aliphatic heterocycles. The van der Waals surface area contributed by atoms with Crippen molar-refractivity contribution in [3.63, 3.8) is 0 Å². The molecule has 1 unspecified atom stereocenters. The third kappa shape index (κ3) is 5.93. The van der Waals surface area contributed by atoms with Gasteiger partial charge in [-0.1, -0.05) is 54.6 Å². The van der Waals surface area contributed by atoms with Gasteiger partial charge in [0.1, 0.15) is 5.75 Å². The molecule has 0 saturated heterocycles. The number of methoxy groups -OCH3 is 1. The molecule has 3 aromatic carbocycles. The van der Waals surface area contributed by atoms with Gasteiger partial charge in [0.25, 0.3) is 5.91 Å². The van der Waals surface area contributed by atoms with E-state index in [1.165, 1.54) is 0 Å². The Morgan fingerprint density at radius 2 is 1.68 bits per heavy atom. The number of rotatable bonds is 9. The average Bonchev–Trinajstić information content (AvgIpc) is 2.79. The molecule has 0 fully saturated rings. The van der Waals surface area contributed by atoms with E-state index >= 15 is 0 Å². The molecule has 0 aliphatic carbocycles. The van der Waals surface area contributed by atoms with Crippen LogP contribution in [0.15, 0.2) is 78.9 Å². The number of amides is 1. The van der Waals surface area contributed by atoms with Crippen LogP contribution in [0, 0.1) is 0 Å². The van der Waals surface area contributed by atoms with Crippen LogP contribution in [0.2, 0.25) is 0 Å². The van der Waals surface area contributed by atoms with Gasteiger partial charge in [-0.25, -0.2) is 4.79 Å². The smallest absolute Gasteiger partial charge is 0.339 e. The van der Waals surface area contributed by atoms with Crippen LogP contribution in [0.3, 0.4) is 0 Å². The number of esters is 1. The van der Waals surface area contributed by atoms with Gasteiger partial charge in [0.2, 0.25) is 6.10 Å². The first-order chi connectivity index (χ1) is 15.1. The van der Waals surface area contributed by atoms with Gasteiger partial charge in [-0.2, -0.15) is 0 Å². The van der Waals surface area contributed by atoms with Crippen molar-refractivity contribution in [2.45, 2.75) is 19.6 Å². The van der Waals surface area contributed by atoms with Gasteiger partial charge < -0.3 is 19.5 Å². The van der Waals surface area contributed by atoms with E-state index < -0.39 is 18.0 Å². The highest BCUT2D eigenvalue weighted by molar-refractivity contribution is 5.99. The van der Waals surface area contributed by atoms with E-state index in [9.17, 15) is 9.59 Å². The molecule has 6 nitrogen and oxygen atoms in total. The molecule has 0 aliphatic rings. The van der Waals surface area contributed by atoms with E-state index in [0.29, 0.717) is 35.8 Å². The minimum atomic E-state index is -1.13. The minimum Gasteiger partial charge on any atom is -0.492 e. The predicted molar refractivity (Wildman–Crippen MR) is 118 cm³/mol. The fourth-order valence-corrected chi connectivity index (χ4v) is 3.08. The van der Waals surface area contributed by atoms with Crippen LogP contribution in [-0.2, 0) is 20.9 Å². The first-order valence-electron chi connectivity index (χ1n) is 9.99. The second-order valence-corrected chi connectivity index (χ2v) is 6.75. The maximum absolute atomic E-state index is 13.1. The molecule has 1 atom stereocenters. The van der Waals surface area contributed by atoms with Crippen molar-refractivity contribution in [1.82, 2.24) is 0 Å². The van der Waals surface area contributed by atoms with Crippen LogP contribution in [0.4, 0.5) is 5.69 Å². The van der Waals surface area contributed by atoms with Crippen molar-refractivity contribution in [3.05, 3.63) is 95.6 Å². The van der Waals surface area contributed by atoms with Gasteiger partial charge in [-0.15, -0.1) is 0 Å². The lowest BCUT2D eigenvalue weighted by molar-refractivity contribution is -0.125. The zero-order valence-electron chi connectivity index (χ0n) is 17.5. The number of nitrogens with one attached hydrogen (secondary N) is 1. The van der Waals surface area contributed by atoms with Gasteiger partial charge in [-0.3, -0.25) is 4.79 Å². The van der Waals surface area contributed by atoms with E-state index in [-0.39, 0.29) is 0 Å². The molecule has 6 heteroatoms. The van der Waals surface area contributed by atoms with E-state index in [0.717, 1.165) is 5.56 Å². The maximum Gasteiger partial charge on any atom is 0.339 e. The van der Waals surface area contributed by atoms with Crippen molar-refractivity contribution >= 4 is 17.6 Å². The van der Waals surface area contributed by atoms with Crippen LogP contribution in [0.5, 0.6) is 5.75 Å². The van der Waals surface area contributed by atoms with Crippen molar-refractivity contribution in [1.29, 1.82) is 0 Å². The lowest BCUT2D eigenvalue weighted by Crippen LogP contribution is -2.26. The number of para-hydroxylation sites is 2. The van der Waals surface area contributed by atoms with E-state index in [4.69, 9.17) is 14.2 Å². The summed E-state index contributed by atoms with van der Waals surface area (Å²) in [5.41, 5.74) is 2.25. The normalized spacial score (nSPS) is 11.4. The summed E-state index contributed by atoms with van der Waals surface area (Å²) in [5, 5.41) is 2.82. The lowest BCUT2D eigenvalue weighted by atomic mass is 10.1. The molecule has 0 radical (unpaired) electrons. The third-order valence-corrected chi connectivity index (χ3v) is 4.48. The average molecular weight is 419 g/mol. The van der Waals surface area contributed by atoms with Crippen molar-refractivity contribution in [2.24, 2.45) is 0 Å². The number of benzene rings is 3. The van der Waals surface area contributed by atoms with Crippen LogP contribution < -0.4 is 10.1 Å². The molecule has 0 heterocycles. The SMILES string of the molecule is CCOc1ccccc1NC(=O)C(OC(=O)c1cccc(COC)c1)c1ccccc1. The molecule has 3 aromatic rings. The van der Waals surface area contributed by atoms with Gasteiger partial charge in [0.05, 0.1) is 24.5 Å². The number of hydrogen-bond acceptors (Lipinski definition) is 5. The molecule has 0 saturated carbocycles. The van der Waals surface area contributed by atoms with Gasteiger partial charge in [0, 0.05) is 12.7 Å². The first kappa shape index (κ1) is 22.1. The van der Waals surface area contributed by atoms with Crippen LogP contribution in [0.25, 0.3) is 0 Å². The number of anilines is 1. The number of ether oxygens (including phenoxy) is 3. The Hall–Kier alpha value is -3.64. The summed E-state index contributed by atoms with van der Waals surface area (Å²) in [7, 11) is 1.58. The zero-order chi connectivity index (χ0) is 22.1. The Morgan fingerprint density at radius 1 is 0.935 bits per heavy atom. The molecule has 1 amide bonds. The third-order valence-electron chi connectivity index (χ3n) is 4.48. The molecule has 0 bridgehead atoms. The topological polar surface area (TPSA) is 73.9 Å². The lowest BCUT2D eigenvalue weighted by Gasteiger charge is -2.19.